The molecule has 0 aliphatic carbocycles. The van der Waals surface area contributed by atoms with Crippen molar-refractivity contribution in [2.75, 3.05) is 18.5 Å². The van der Waals surface area contributed by atoms with Crippen molar-refractivity contribution in [1.82, 2.24) is 15.5 Å². The summed E-state index contributed by atoms with van der Waals surface area (Å²) < 4.78 is 11.1. The molecule has 16 heavy (non-hydrogen) atoms. The predicted octanol–water partition coefficient (Wildman–Crippen LogP) is 0.00720. The molecule has 1 aromatic rings. The minimum absolute atomic E-state index is 0.0692. The summed E-state index contributed by atoms with van der Waals surface area (Å²) in [6.45, 7) is 2.35. The maximum Gasteiger partial charge on any atom is 0.282 e. The van der Waals surface area contributed by atoms with E-state index in [1.165, 1.54) is 0 Å². The highest BCUT2D eigenvalue weighted by atomic mass is 32.2. The molecule has 2 unspecified atom stereocenters. The van der Waals surface area contributed by atoms with Gasteiger partial charge in [-0.05, 0) is 6.42 Å². The monoisotopic (exact) mass is 262 g/mol. The fourth-order valence-electron chi connectivity index (χ4n) is 0.957. The van der Waals surface area contributed by atoms with E-state index in [0.29, 0.717) is 13.0 Å². The van der Waals surface area contributed by atoms with Crippen LogP contribution in [-0.2, 0) is 10.8 Å². The molecule has 0 saturated heterocycles. The molecule has 1 rings (SSSR count). The Morgan fingerprint density at radius 3 is 2.81 bits per heavy atom. The first-order chi connectivity index (χ1) is 7.50. The zero-order valence-electron chi connectivity index (χ0n) is 9.10. The number of anilines is 1. The molecule has 0 radical (unpaired) electrons. The Hall–Kier alpha value is -1.02. The standard InChI is InChI=1S/C8H14N4O2S2/c1-5(16(2)14)3-4-10-6(13)7-11-12-8(9)15-7/h5H,3-4H2,1-2H3,(H2,9,12)(H,10,13). The number of nitrogens with zero attached hydrogens (tertiary/aromatic N) is 2. The summed E-state index contributed by atoms with van der Waals surface area (Å²) in [4.78, 5) is 11.5. The first-order valence-electron chi connectivity index (χ1n) is 4.70. The molecule has 0 fully saturated rings. The molecule has 1 heterocycles. The lowest BCUT2D eigenvalue weighted by atomic mass is 10.3. The molecule has 8 heteroatoms. The Kier molecular flexibility index (Phi) is 4.81. The van der Waals surface area contributed by atoms with Crippen molar-refractivity contribution >= 4 is 33.2 Å². The lowest BCUT2D eigenvalue weighted by Crippen LogP contribution is -2.27. The van der Waals surface area contributed by atoms with Gasteiger partial charge < -0.3 is 11.1 Å². The van der Waals surface area contributed by atoms with E-state index in [1.54, 1.807) is 6.26 Å². The molecule has 0 spiro atoms. The van der Waals surface area contributed by atoms with Gasteiger partial charge in [0.15, 0.2) is 0 Å². The van der Waals surface area contributed by atoms with E-state index in [-0.39, 0.29) is 21.3 Å². The van der Waals surface area contributed by atoms with Gasteiger partial charge in [-0.25, -0.2) is 0 Å². The number of amides is 1. The number of carbonyl (C=O) groups excluding carboxylic acids is 1. The number of nitrogens with two attached hydrogens (primary N) is 1. The van der Waals surface area contributed by atoms with Crippen LogP contribution in [0.4, 0.5) is 5.13 Å². The number of nitrogen functional groups attached to an aromatic ring is 1. The van der Waals surface area contributed by atoms with Gasteiger partial charge in [0.25, 0.3) is 5.91 Å². The Labute approximate surface area is 100 Å². The van der Waals surface area contributed by atoms with Crippen LogP contribution in [-0.4, -0.2) is 38.4 Å². The highest BCUT2D eigenvalue weighted by molar-refractivity contribution is 7.84. The van der Waals surface area contributed by atoms with Crippen molar-refractivity contribution in [3.63, 3.8) is 0 Å². The summed E-state index contributed by atoms with van der Waals surface area (Å²) in [7, 11) is -0.862. The third-order valence-electron chi connectivity index (χ3n) is 2.04. The second kappa shape index (κ2) is 5.90. The molecule has 3 N–H and O–H groups in total. The molecule has 0 bridgehead atoms. The predicted molar refractivity (Wildman–Crippen MR) is 64.8 cm³/mol. The quantitative estimate of drug-likeness (QED) is 0.778. The summed E-state index contributed by atoms with van der Waals surface area (Å²) >= 11 is 1.04. The lowest BCUT2D eigenvalue weighted by molar-refractivity contribution is 0.0952. The van der Waals surface area contributed by atoms with Gasteiger partial charge in [0.05, 0.1) is 0 Å². The van der Waals surface area contributed by atoms with Crippen LogP contribution in [0.1, 0.15) is 23.1 Å². The van der Waals surface area contributed by atoms with Crippen LogP contribution in [0.5, 0.6) is 0 Å². The number of nitrogens with one attached hydrogen (secondary N) is 1. The average Bonchev–Trinajstić information content (AvgIpc) is 2.64. The van der Waals surface area contributed by atoms with Gasteiger partial charge in [-0.3, -0.25) is 9.00 Å². The third kappa shape index (κ3) is 3.86. The Morgan fingerprint density at radius 2 is 2.31 bits per heavy atom. The molecule has 0 aliphatic rings. The van der Waals surface area contributed by atoms with Crippen LogP contribution >= 0.6 is 11.3 Å². The first-order valence-corrected chi connectivity index (χ1v) is 7.14. The second-order valence-corrected chi connectivity index (χ2v) is 6.11. The fourth-order valence-corrected chi connectivity index (χ4v) is 1.93. The van der Waals surface area contributed by atoms with Crippen LogP contribution in [0.3, 0.4) is 0 Å². The number of hydrogen-bond donors (Lipinski definition) is 2. The van der Waals surface area contributed by atoms with Crippen LogP contribution in [0.2, 0.25) is 0 Å². The second-order valence-electron chi connectivity index (χ2n) is 3.30. The minimum Gasteiger partial charge on any atom is -0.374 e. The topological polar surface area (TPSA) is 98.0 Å². The minimum atomic E-state index is -0.862. The lowest BCUT2D eigenvalue weighted by Gasteiger charge is -2.07. The van der Waals surface area contributed by atoms with Crippen LogP contribution in [0.15, 0.2) is 0 Å². The van der Waals surface area contributed by atoms with E-state index in [2.05, 4.69) is 15.5 Å². The molecule has 2 atom stereocenters. The number of rotatable bonds is 5. The van der Waals surface area contributed by atoms with Gasteiger partial charge in [-0.2, -0.15) is 0 Å². The molecule has 0 aromatic carbocycles. The Balaban J connectivity index is 2.34. The Morgan fingerprint density at radius 1 is 1.62 bits per heavy atom. The number of hydrogen-bond acceptors (Lipinski definition) is 6. The summed E-state index contributed by atoms with van der Waals surface area (Å²) in [5, 5.41) is 10.4. The van der Waals surface area contributed by atoms with Crippen LogP contribution in [0, 0.1) is 0 Å². The molecule has 6 nitrogen and oxygen atoms in total. The third-order valence-corrected chi connectivity index (χ3v) is 4.16. The van der Waals surface area contributed by atoms with Gasteiger partial charge >= 0.3 is 0 Å². The van der Waals surface area contributed by atoms with E-state index in [1.807, 2.05) is 6.92 Å². The van der Waals surface area contributed by atoms with Crippen LogP contribution in [0.25, 0.3) is 0 Å². The van der Waals surface area contributed by atoms with E-state index in [9.17, 15) is 9.00 Å². The zero-order valence-corrected chi connectivity index (χ0v) is 10.7. The van der Waals surface area contributed by atoms with Gasteiger partial charge in [0.1, 0.15) is 0 Å². The Bertz CT molecular complexity index is 393. The molecule has 1 amide bonds. The number of aromatic nitrogens is 2. The van der Waals surface area contributed by atoms with Crippen molar-refractivity contribution in [2.45, 2.75) is 18.6 Å². The van der Waals surface area contributed by atoms with Gasteiger partial charge in [0.2, 0.25) is 10.1 Å². The smallest absolute Gasteiger partial charge is 0.282 e. The van der Waals surface area contributed by atoms with Crippen molar-refractivity contribution < 1.29 is 9.00 Å². The molecule has 1 aromatic heterocycles. The summed E-state index contributed by atoms with van der Waals surface area (Å²) in [6, 6.07) is 0. The highest BCUT2D eigenvalue weighted by Gasteiger charge is 2.12. The molecule has 0 saturated carbocycles. The van der Waals surface area contributed by atoms with Gasteiger partial charge in [0, 0.05) is 28.9 Å². The largest absolute Gasteiger partial charge is 0.374 e. The van der Waals surface area contributed by atoms with E-state index < -0.39 is 10.8 Å². The van der Waals surface area contributed by atoms with Crippen molar-refractivity contribution in [3.8, 4) is 0 Å². The summed E-state index contributed by atoms with van der Waals surface area (Å²) in [5.74, 6) is -0.289. The molecule has 0 aliphatic heterocycles. The fraction of sp³-hybridized carbons (Fsp3) is 0.625. The summed E-state index contributed by atoms with van der Waals surface area (Å²) in [6.07, 6.45) is 2.32. The van der Waals surface area contributed by atoms with Crippen LogP contribution < -0.4 is 11.1 Å². The van der Waals surface area contributed by atoms with Crippen molar-refractivity contribution in [2.24, 2.45) is 0 Å². The average molecular weight is 262 g/mol. The van der Waals surface area contributed by atoms with Crippen molar-refractivity contribution in [3.05, 3.63) is 5.01 Å². The maximum atomic E-state index is 11.5. The SMILES string of the molecule is CC(CCNC(=O)c1nnc(N)s1)S(C)=O. The molecule has 90 valence electrons. The van der Waals surface area contributed by atoms with E-state index >= 15 is 0 Å². The summed E-state index contributed by atoms with van der Waals surface area (Å²) in [5.41, 5.74) is 5.36. The van der Waals surface area contributed by atoms with Gasteiger partial charge in [-0.1, -0.05) is 18.3 Å². The zero-order chi connectivity index (χ0) is 12.1. The number of carbonyl (C=O) groups is 1. The van der Waals surface area contributed by atoms with E-state index in [0.717, 1.165) is 11.3 Å². The molecular weight excluding hydrogens is 248 g/mol. The molecular formula is C8H14N4O2S2. The first kappa shape index (κ1) is 13.0. The normalized spacial score (nSPS) is 14.4. The maximum absolute atomic E-state index is 11.5. The highest BCUT2D eigenvalue weighted by Crippen LogP contribution is 2.10. The van der Waals surface area contributed by atoms with Crippen molar-refractivity contribution in [1.29, 1.82) is 0 Å². The van der Waals surface area contributed by atoms with Gasteiger partial charge in [-0.15, -0.1) is 10.2 Å². The van der Waals surface area contributed by atoms with E-state index in [4.69, 9.17) is 5.73 Å².